The lowest BCUT2D eigenvalue weighted by Gasteiger charge is -1.98. The third-order valence-corrected chi connectivity index (χ3v) is 4.43. The van der Waals surface area contributed by atoms with E-state index >= 15 is 0 Å². The van der Waals surface area contributed by atoms with Crippen LogP contribution in [-0.2, 0) is 10.8 Å². The summed E-state index contributed by atoms with van der Waals surface area (Å²) in [7, 11) is -1.27. The van der Waals surface area contributed by atoms with E-state index in [2.05, 4.69) is 9.97 Å². The van der Waals surface area contributed by atoms with E-state index in [9.17, 15) is 4.21 Å². The smallest absolute Gasteiger partial charge is 0.209 e. The lowest BCUT2D eigenvalue weighted by molar-refractivity contribution is 0.683. The predicted octanol–water partition coefficient (Wildman–Crippen LogP) is 2.51. The van der Waals surface area contributed by atoms with Gasteiger partial charge < -0.3 is 0 Å². The molecular weight excluding hydrogens is 258 g/mol. The quantitative estimate of drug-likeness (QED) is 0.680. The molecule has 2 aromatic heterocycles. The first-order valence-electron chi connectivity index (χ1n) is 5.86. The Balaban J connectivity index is 1.96. The van der Waals surface area contributed by atoms with Gasteiger partial charge in [0.15, 0.2) is 0 Å². The summed E-state index contributed by atoms with van der Waals surface area (Å²) in [4.78, 5) is 9.39. The summed E-state index contributed by atoms with van der Waals surface area (Å²) in [6.07, 6.45) is 3.57. The maximum absolute atomic E-state index is 12.5. The highest BCUT2D eigenvalue weighted by atomic mass is 32.2. The number of benzene rings is 1. The number of pyridine rings is 1. The Morgan fingerprint density at radius 2 is 1.89 bits per heavy atom. The summed E-state index contributed by atoms with van der Waals surface area (Å²) in [5.41, 5.74) is 2.56. The molecule has 1 atom stereocenters. The molecule has 1 aromatic carbocycles. The van der Waals surface area contributed by atoms with Gasteiger partial charge in [-0.25, -0.2) is 9.19 Å². The number of fused-ring (bicyclic) bond motifs is 3. The van der Waals surface area contributed by atoms with Crippen molar-refractivity contribution in [3.8, 4) is 0 Å². The van der Waals surface area contributed by atoms with Crippen molar-refractivity contribution in [2.75, 3.05) is 0 Å². The lowest BCUT2D eigenvalue weighted by atomic mass is 10.3. The topological polar surface area (TPSA) is 47.8 Å². The molecule has 1 unspecified atom stereocenters. The van der Waals surface area contributed by atoms with Gasteiger partial charge in [0.2, 0.25) is 5.16 Å². The fourth-order valence-corrected chi connectivity index (χ4v) is 3.43. The van der Waals surface area contributed by atoms with Gasteiger partial charge in [0.05, 0.1) is 21.6 Å². The second kappa shape index (κ2) is 3.86. The van der Waals surface area contributed by atoms with Crippen LogP contribution in [0.15, 0.2) is 53.8 Å². The van der Waals surface area contributed by atoms with E-state index in [1.807, 2.05) is 53.2 Å². The van der Waals surface area contributed by atoms with Crippen LogP contribution in [0.1, 0.15) is 5.69 Å². The van der Waals surface area contributed by atoms with Crippen LogP contribution in [0, 0.1) is 0 Å². The molecule has 92 valence electrons. The minimum absolute atomic E-state index is 0.571. The molecule has 19 heavy (non-hydrogen) atoms. The number of rotatable bonds is 1. The Labute approximate surface area is 111 Å². The zero-order valence-corrected chi connectivity index (χ0v) is 10.7. The highest BCUT2D eigenvalue weighted by Gasteiger charge is 2.26. The highest BCUT2D eigenvalue weighted by molar-refractivity contribution is 7.95. The summed E-state index contributed by atoms with van der Waals surface area (Å²) in [6, 6.07) is 13.4. The Bertz CT molecular complexity index is 836. The van der Waals surface area contributed by atoms with Crippen molar-refractivity contribution < 1.29 is 4.21 Å². The van der Waals surface area contributed by atoms with Gasteiger partial charge in [-0.15, -0.1) is 0 Å². The van der Waals surface area contributed by atoms with Crippen molar-refractivity contribution in [2.45, 2.75) is 5.16 Å². The number of aromatic nitrogens is 3. The minimum Gasteiger partial charge on any atom is -0.291 e. The third kappa shape index (κ3) is 1.48. The van der Waals surface area contributed by atoms with Crippen molar-refractivity contribution >= 4 is 32.9 Å². The molecule has 5 heteroatoms. The second-order valence-electron chi connectivity index (χ2n) is 4.23. The van der Waals surface area contributed by atoms with E-state index in [1.54, 1.807) is 6.20 Å². The molecule has 0 radical (unpaired) electrons. The number of para-hydroxylation sites is 2. The molecule has 0 spiro atoms. The highest BCUT2D eigenvalue weighted by Crippen LogP contribution is 2.32. The van der Waals surface area contributed by atoms with Crippen LogP contribution in [-0.4, -0.2) is 18.7 Å². The zero-order valence-electron chi connectivity index (χ0n) is 9.85. The van der Waals surface area contributed by atoms with Crippen molar-refractivity contribution in [3.05, 3.63) is 54.4 Å². The molecule has 0 fully saturated rings. The minimum atomic E-state index is -1.27. The van der Waals surface area contributed by atoms with Crippen molar-refractivity contribution in [1.29, 1.82) is 0 Å². The van der Waals surface area contributed by atoms with Crippen LogP contribution in [0.3, 0.4) is 0 Å². The van der Waals surface area contributed by atoms with Crippen molar-refractivity contribution in [2.24, 2.45) is 0 Å². The van der Waals surface area contributed by atoms with E-state index < -0.39 is 10.8 Å². The predicted molar refractivity (Wildman–Crippen MR) is 74.5 cm³/mol. The summed E-state index contributed by atoms with van der Waals surface area (Å²) < 4.78 is 14.4. The molecule has 1 aliphatic rings. The average Bonchev–Trinajstić information content (AvgIpc) is 2.98. The number of hydrogen-bond acceptors (Lipinski definition) is 3. The van der Waals surface area contributed by atoms with E-state index in [0.29, 0.717) is 10.1 Å². The van der Waals surface area contributed by atoms with E-state index in [4.69, 9.17) is 0 Å². The molecule has 3 heterocycles. The molecule has 4 rings (SSSR count). The average molecular weight is 267 g/mol. The van der Waals surface area contributed by atoms with Crippen LogP contribution in [0.25, 0.3) is 22.1 Å². The maximum atomic E-state index is 12.5. The van der Waals surface area contributed by atoms with Gasteiger partial charge in [-0.3, -0.25) is 9.55 Å². The van der Waals surface area contributed by atoms with Crippen molar-refractivity contribution in [3.63, 3.8) is 0 Å². The van der Waals surface area contributed by atoms with Gasteiger partial charge in [-0.2, -0.15) is 0 Å². The van der Waals surface area contributed by atoms with Crippen LogP contribution < -0.4 is 0 Å². The molecule has 0 saturated heterocycles. The first-order chi connectivity index (χ1) is 9.34. The monoisotopic (exact) mass is 267 g/mol. The van der Waals surface area contributed by atoms with Gasteiger partial charge in [0.25, 0.3) is 0 Å². The molecule has 1 aliphatic heterocycles. The Morgan fingerprint density at radius 3 is 2.74 bits per heavy atom. The summed E-state index contributed by atoms with van der Waals surface area (Å²) >= 11 is 0. The van der Waals surface area contributed by atoms with Gasteiger partial charge in [0.1, 0.15) is 10.8 Å². The van der Waals surface area contributed by atoms with Crippen LogP contribution in [0.4, 0.5) is 0 Å². The zero-order chi connectivity index (χ0) is 12.8. The Morgan fingerprint density at radius 1 is 1.05 bits per heavy atom. The largest absolute Gasteiger partial charge is 0.291 e. The lowest BCUT2D eigenvalue weighted by Crippen LogP contribution is -1.94. The summed E-state index contributed by atoms with van der Waals surface area (Å²) in [6.45, 7) is 0. The first-order valence-corrected chi connectivity index (χ1v) is 7.01. The number of imidazole rings is 1. The molecule has 0 bridgehead atoms. The molecule has 0 saturated carbocycles. The van der Waals surface area contributed by atoms with Crippen LogP contribution in [0.2, 0.25) is 0 Å². The molecular formula is C14H9N3OS. The molecule has 0 aliphatic carbocycles. The second-order valence-corrected chi connectivity index (χ2v) is 5.57. The third-order valence-electron chi connectivity index (χ3n) is 3.09. The fraction of sp³-hybridized carbons (Fsp3) is 0. The maximum Gasteiger partial charge on any atom is 0.209 e. The Hall–Kier alpha value is -2.27. The normalized spacial score (nSPS) is 17.5. The number of hydrogen-bond donors (Lipinski definition) is 0. The molecule has 3 aromatic rings. The molecule has 0 N–H and O–H groups in total. The Kier molecular flexibility index (Phi) is 2.16. The molecule has 0 amide bonds. The summed E-state index contributed by atoms with van der Waals surface area (Å²) in [5, 5.41) is 0.571. The fourth-order valence-electron chi connectivity index (χ4n) is 2.21. The van der Waals surface area contributed by atoms with E-state index in [-0.39, 0.29) is 0 Å². The van der Waals surface area contributed by atoms with Crippen molar-refractivity contribution in [1.82, 2.24) is 14.5 Å². The van der Waals surface area contributed by atoms with E-state index in [0.717, 1.165) is 16.7 Å². The van der Waals surface area contributed by atoms with Gasteiger partial charge in [-0.1, -0.05) is 18.2 Å². The van der Waals surface area contributed by atoms with Gasteiger partial charge in [0, 0.05) is 12.4 Å². The van der Waals surface area contributed by atoms with E-state index in [1.165, 1.54) is 0 Å². The van der Waals surface area contributed by atoms with Crippen LogP contribution in [0.5, 0.6) is 0 Å². The SMILES string of the molecule is O=S1C(c2ccccn2)=Cn2c1nc1ccccc12. The molecule has 4 nitrogen and oxygen atoms in total. The standard InChI is InChI=1S/C14H9N3OS/c18-19-13(11-6-3-4-8-15-11)9-17-12-7-2-1-5-10(12)16-14(17)19/h1-9H. The number of nitrogens with zero attached hydrogens (tertiary/aromatic N) is 3. The van der Waals surface area contributed by atoms with Gasteiger partial charge >= 0.3 is 0 Å². The van der Waals surface area contributed by atoms with Gasteiger partial charge in [-0.05, 0) is 24.3 Å². The van der Waals surface area contributed by atoms with Crippen LogP contribution >= 0.6 is 0 Å². The first kappa shape index (κ1) is 10.6. The summed E-state index contributed by atoms with van der Waals surface area (Å²) in [5.74, 6) is 0.